The number of esters is 1. The van der Waals surface area contributed by atoms with E-state index in [1.165, 1.54) is 0 Å². The highest BCUT2D eigenvalue weighted by Gasteiger charge is 2.16. The third-order valence-corrected chi connectivity index (χ3v) is 4.39. The Kier molecular flexibility index (Phi) is 4.39. The van der Waals surface area contributed by atoms with Gasteiger partial charge in [-0.25, -0.2) is 9.78 Å². The number of fused-ring (bicyclic) bond motifs is 2. The maximum Gasteiger partial charge on any atom is 0.344 e. The van der Waals surface area contributed by atoms with Crippen molar-refractivity contribution < 1.29 is 14.3 Å². The zero-order chi connectivity index (χ0) is 17.9. The van der Waals surface area contributed by atoms with Crippen LogP contribution in [0, 0.1) is 0 Å². The van der Waals surface area contributed by atoms with Crippen LogP contribution in [0.15, 0.2) is 53.3 Å². The number of hydrogen-bond donors (Lipinski definition) is 0. The maximum atomic E-state index is 12.5. The van der Waals surface area contributed by atoms with Gasteiger partial charge >= 0.3 is 5.97 Å². The number of aromatic nitrogens is 2. The minimum atomic E-state index is -0.460. The van der Waals surface area contributed by atoms with Crippen molar-refractivity contribution >= 4 is 16.9 Å². The highest BCUT2D eigenvalue weighted by molar-refractivity contribution is 5.79. The van der Waals surface area contributed by atoms with E-state index in [1.54, 1.807) is 22.8 Å². The Morgan fingerprint density at radius 2 is 2.00 bits per heavy atom. The largest absolute Gasteiger partial charge is 0.482 e. The number of nitrogens with zero attached hydrogens (tertiary/aromatic N) is 2. The summed E-state index contributed by atoms with van der Waals surface area (Å²) in [4.78, 5) is 28.9. The number of rotatable bonds is 5. The van der Waals surface area contributed by atoms with Crippen LogP contribution in [0.5, 0.6) is 5.75 Å². The summed E-state index contributed by atoms with van der Waals surface area (Å²) in [6, 6.07) is 14.6. The van der Waals surface area contributed by atoms with Crippen LogP contribution in [0.25, 0.3) is 10.9 Å². The molecule has 1 aromatic heterocycles. The van der Waals surface area contributed by atoms with E-state index in [0.29, 0.717) is 23.2 Å². The first kappa shape index (κ1) is 16.3. The summed E-state index contributed by atoms with van der Waals surface area (Å²) < 4.78 is 12.4. The summed E-state index contributed by atoms with van der Waals surface area (Å²) in [6.07, 6.45) is 1.77. The molecule has 0 radical (unpaired) electrons. The third-order valence-electron chi connectivity index (χ3n) is 4.39. The van der Waals surface area contributed by atoms with Crippen molar-refractivity contribution in [1.29, 1.82) is 0 Å². The molecular weight excluding hydrogens is 332 g/mol. The van der Waals surface area contributed by atoms with Crippen molar-refractivity contribution in [3.8, 4) is 5.75 Å². The summed E-state index contributed by atoms with van der Waals surface area (Å²) in [5, 5.41) is 0.505. The van der Waals surface area contributed by atoms with Gasteiger partial charge in [0.1, 0.15) is 18.2 Å². The van der Waals surface area contributed by atoms with E-state index in [9.17, 15) is 9.59 Å². The lowest BCUT2D eigenvalue weighted by atomic mass is 10.2. The molecule has 0 saturated heterocycles. The summed E-state index contributed by atoms with van der Waals surface area (Å²) in [6.45, 7) is 0.699. The molecule has 0 atom stereocenters. The van der Waals surface area contributed by atoms with Crippen LogP contribution in [0.3, 0.4) is 0 Å². The fraction of sp³-hybridized carbons (Fsp3) is 0.250. The van der Waals surface area contributed by atoms with Gasteiger partial charge in [0.2, 0.25) is 0 Å². The highest BCUT2D eigenvalue weighted by Crippen LogP contribution is 2.19. The molecule has 6 heteroatoms. The molecule has 4 rings (SSSR count). The molecule has 0 amide bonds. The van der Waals surface area contributed by atoms with Gasteiger partial charge < -0.3 is 9.47 Å². The van der Waals surface area contributed by atoms with E-state index < -0.39 is 5.97 Å². The lowest BCUT2D eigenvalue weighted by Gasteiger charge is -2.09. The summed E-state index contributed by atoms with van der Waals surface area (Å²) in [5.41, 5.74) is 1.52. The Hall–Kier alpha value is -3.15. The molecule has 6 nitrogen and oxygen atoms in total. The molecule has 2 heterocycles. The van der Waals surface area contributed by atoms with Gasteiger partial charge in [0.15, 0.2) is 6.61 Å². The fourth-order valence-electron chi connectivity index (χ4n) is 3.07. The zero-order valence-electron chi connectivity index (χ0n) is 14.2. The predicted molar refractivity (Wildman–Crippen MR) is 96.1 cm³/mol. The van der Waals surface area contributed by atoms with E-state index >= 15 is 0 Å². The maximum absolute atomic E-state index is 12.5. The topological polar surface area (TPSA) is 70.4 Å². The predicted octanol–water partition coefficient (Wildman–Crippen LogP) is 2.46. The molecule has 3 aromatic rings. The molecule has 0 fully saturated rings. The monoisotopic (exact) mass is 350 g/mol. The minimum Gasteiger partial charge on any atom is -0.482 e. The summed E-state index contributed by atoms with van der Waals surface area (Å²) in [7, 11) is 0. The molecule has 0 N–H and O–H groups in total. The van der Waals surface area contributed by atoms with Crippen molar-refractivity contribution in [2.24, 2.45) is 0 Å². The first-order chi connectivity index (χ1) is 12.7. The van der Waals surface area contributed by atoms with Crippen LogP contribution in [-0.2, 0) is 29.1 Å². The lowest BCUT2D eigenvalue weighted by Crippen LogP contribution is -2.21. The average molecular weight is 350 g/mol. The molecule has 1 aliphatic rings. The minimum absolute atomic E-state index is 0.0559. The van der Waals surface area contributed by atoms with E-state index in [0.717, 1.165) is 24.2 Å². The fourth-order valence-corrected chi connectivity index (χ4v) is 3.07. The molecule has 26 heavy (non-hydrogen) atoms. The van der Waals surface area contributed by atoms with Gasteiger partial charge in [-0.05, 0) is 30.2 Å². The number of aryl methyl sites for hydroxylation is 1. The van der Waals surface area contributed by atoms with Gasteiger partial charge in [0, 0.05) is 13.0 Å². The molecule has 1 aliphatic heterocycles. The Labute approximate surface area is 150 Å². The SMILES string of the molecule is O=C(COc1ccc2nc3n(c(=O)c2c1)CCC3)OCc1ccccc1. The molecule has 132 valence electrons. The van der Waals surface area contributed by atoms with Crippen molar-refractivity contribution in [3.05, 3.63) is 70.3 Å². The van der Waals surface area contributed by atoms with Crippen LogP contribution >= 0.6 is 0 Å². The second kappa shape index (κ2) is 7.00. The van der Waals surface area contributed by atoms with Crippen LogP contribution in [-0.4, -0.2) is 22.1 Å². The Morgan fingerprint density at radius 3 is 2.85 bits per heavy atom. The number of benzene rings is 2. The number of carbonyl (C=O) groups is 1. The smallest absolute Gasteiger partial charge is 0.344 e. The zero-order valence-corrected chi connectivity index (χ0v) is 14.2. The van der Waals surface area contributed by atoms with Crippen LogP contribution in [0.2, 0.25) is 0 Å². The second-order valence-electron chi connectivity index (χ2n) is 6.20. The van der Waals surface area contributed by atoms with Gasteiger partial charge in [0.05, 0.1) is 10.9 Å². The Balaban J connectivity index is 1.43. The van der Waals surface area contributed by atoms with E-state index in [2.05, 4.69) is 4.98 Å². The second-order valence-corrected chi connectivity index (χ2v) is 6.20. The molecular formula is C20H18N2O4. The summed E-state index contributed by atoms with van der Waals surface area (Å²) >= 11 is 0. The Bertz CT molecular complexity index is 1010. The molecule has 2 aromatic carbocycles. The molecule has 0 unspecified atom stereocenters. The normalized spacial score (nSPS) is 12.8. The molecule has 0 bridgehead atoms. The number of ether oxygens (including phenoxy) is 2. The van der Waals surface area contributed by atoms with Crippen molar-refractivity contribution in [2.45, 2.75) is 26.0 Å². The van der Waals surface area contributed by atoms with Crippen LogP contribution in [0.1, 0.15) is 17.8 Å². The quantitative estimate of drug-likeness (QED) is 0.661. The standard InChI is InChI=1S/C20H18N2O4/c23-19(26-12-14-5-2-1-3-6-14)13-25-15-8-9-17-16(11-15)20(24)22-10-4-7-18(22)21-17/h1-3,5-6,8-9,11H,4,7,10,12-13H2. The molecule has 0 aliphatic carbocycles. The van der Waals surface area contributed by atoms with E-state index in [1.807, 2.05) is 30.3 Å². The highest BCUT2D eigenvalue weighted by atomic mass is 16.6. The van der Waals surface area contributed by atoms with Crippen LogP contribution < -0.4 is 10.3 Å². The summed E-state index contributed by atoms with van der Waals surface area (Å²) in [5.74, 6) is 0.824. The van der Waals surface area contributed by atoms with Crippen molar-refractivity contribution in [3.63, 3.8) is 0 Å². The Morgan fingerprint density at radius 1 is 1.15 bits per heavy atom. The van der Waals surface area contributed by atoms with Gasteiger partial charge in [0.25, 0.3) is 5.56 Å². The van der Waals surface area contributed by atoms with Crippen LogP contribution in [0.4, 0.5) is 0 Å². The van der Waals surface area contributed by atoms with Gasteiger partial charge in [-0.15, -0.1) is 0 Å². The van der Waals surface area contributed by atoms with Crippen molar-refractivity contribution in [2.75, 3.05) is 6.61 Å². The van der Waals surface area contributed by atoms with Crippen molar-refractivity contribution in [1.82, 2.24) is 9.55 Å². The molecule has 0 spiro atoms. The third kappa shape index (κ3) is 3.31. The van der Waals surface area contributed by atoms with Gasteiger partial charge in [-0.1, -0.05) is 30.3 Å². The van der Waals surface area contributed by atoms with E-state index in [4.69, 9.17) is 9.47 Å². The van der Waals surface area contributed by atoms with Gasteiger partial charge in [-0.3, -0.25) is 9.36 Å². The van der Waals surface area contributed by atoms with E-state index in [-0.39, 0.29) is 18.8 Å². The first-order valence-electron chi connectivity index (χ1n) is 8.56. The first-order valence-corrected chi connectivity index (χ1v) is 8.56. The lowest BCUT2D eigenvalue weighted by molar-refractivity contribution is -0.147. The molecule has 0 saturated carbocycles. The number of carbonyl (C=O) groups excluding carboxylic acids is 1. The average Bonchev–Trinajstić information content (AvgIpc) is 3.15. The number of hydrogen-bond acceptors (Lipinski definition) is 5. The van der Waals surface area contributed by atoms with Gasteiger partial charge in [-0.2, -0.15) is 0 Å².